The van der Waals surface area contributed by atoms with Crippen LogP contribution < -0.4 is 14.8 Å². The number of nitrogens with zero attached hydrogens (tertiary/aromatic N) is 3. The summed E-state index contributed by atoms with van der Waals surface area (Å²) in [7, 11) is 3.50. The summed E-state index contributed by atoms with van der Waals surface area (Å²) in [5.74, 6) is 1.34. The zero-order valence-electron chi connectivity index (χ0n) is 16.7. The largest absolute Gasteiger partial charge is 0.497 e. The number of thiazole rings is 1. The molecule has 9 heteroatoms. The number of carbonyl (C=O) groups is 1. The molecule has 4 aromatic rings. The standard InChI is InChI=1S/C21H20N4O3S2/c1-13-17(9-25(2)24-13)18-12-30-21(22-18)23-20(26)19-8-14(11-29-19)10-28-16-6-4-15(27-3)5-7-16/h4-9,11-12H,10H2,1-3H3,(H,22,23,26). The number of methoxy groups -OCH3 is 1. The monoisotopic (exact) mass is 440 g/mol. The number of ether oxygens (including phenoxy) is 2. The van der Waals surface area contributed by atoms with Crippen LogP contribution in [0.4, 0.5) is 5.13 Å². The molecule has 0 saturated heterocycles. The first-order valence-corrected chi connectivity index (χ1v) is 10.9. The maximum atomic E-state index is 12.6. The van der Waals surface area contributed by atoms with E-state index in [0.717, 1.165) is 34.0 Å². The van der Waals surface area contributed by atoms with Crippen molar-refractivity contribution in [1.29, 1.82) is 0 Å². The summed E-state index contributed by atoms with van der Waals surface area (Å²) in [4.78, 5) is 17.7. The van der Waals surface area contributed by atoms with E-state index < -0.39 is 0 Å². The van der Waals surface area contributed by atoms with E-state index in [1.54, 1.807) is 11.8 Å². The average molecular weight is 441 g/mol. The molecule has 0 fully saturated rings. The molecular formula is C21H20N4O3S2. The molecule has 0 saturated carbocycles. The first-order chi connectivity index (χ1) is 14.5. The number of rotatable bonds is 7. The first kappa shape index (κ1) is 20.1. The second-order valence-corrected chi connectivity index (χ2v) is 8.35. The summed E-state index contributed by atoms with van der Waals surface area (Å²) in [5, 5.41) is 11.6. The van der Waals surface area contributed by atoms with Crippen LogP contribution in [-0.4, -0.2) is 27.8 Å². The number of nitrogens with one attached hydrogen (secondary N) is 1. The average Bonchev–Trinajstić information content (AvgIpc) is 3.47. The normalized spacial score (nSPS) is 10.8. The summed E-state index contributed by atoms with van der Waals surface area (Å²) < 4.78 is 12.7. The minimum atomic E-state index is -0.181. The molecule has 3 heterocycles. The predicted octanol–water partition coefficient (Wildman–Crippen LogP) is 4.75. The van der Waals surface area contributed by atoms with Gasteiger partial charge in [0, 0.05) is 29.8 Å². The van der Waals surface area contributed by atoms with Crippen LogP contribution in [0.1, 0.15) is 20.9 Å². The molecule has 1 N–H and O–H groups in total. The summed E-state index contributed by atoms with van der Waals surface area (Å²) in [6.45, 7) is 2.33. The second-order valence-electron chi connectivity index (χ2n) is 6.58. The zero-order chi connectivity index (χ0) is 21.1. The van der Waals surface area contributed by atoms with E-state index in [2.05, 4.69) is 15.4 Å². The Morgan fingerprint density at radius 3 is 2.63 bits per heavy atom. The Labute approximate surface area is 181 Å². The van der Waals surface area contributed by atoms with Crippen LogP contribution in [0, 0.1) is 6.92 Å². The molecule has 3 aromatic heterocycles. The highest BCUT2D eigenvalue weighted by molar-refractivity contribution is 7.14. The summed E-state index contributed by atoms with van der Waals surface area (Å²) >= 11 is 2.77. The number of benzene rings is 1. The van der Waals surface area contributed by atoms with Gasteiger partial charge < -0.3 is 9.47 Å². The maximum Gasteiger partial charge on any atom is 0.267 e. The molecule has 0 atom stereocenters. The number of amides is 1. The van der Waals surface area contributed by atoms with Crippen LogP contribution >= 0.6 is 22.7 Å². The van der Waals surface area contributed by atoms with Gasteiger partial charge in [-0.05, 0) is 42.6 Å². The van der Waals surface area contributed by atoms with E-state index >= 15 is 0 Å². The SMILES string of the molecule is COc1ccc(OCc2csc(C(=O)Nc3nc(-c4cn(C)nc4C)cs3)c2)cc1. The van der Waals surface area contributed by atoms with Gasteiger partial charge in [0.1, 0.15) is 18.1 Å². The Kier molecular flexibility index (Phi) is 5.82. The van der Waals surface area contributed by atoms with E-state index in [1.807, 2.05) is 61.3 Å². The number of aryl methyl sites for hydroxylation is 2. The Hall–Kier alpha value is -3.17. The van der Waals surface area contributed by atoms with E-state index in [1.165, 1.54) is 22.7 Å². The highest BCUT2D eigenvalue weighted by Crippen LogP contribution is 2.27. The fraction of sp³-hybridized carbons (Fsp3) is 0.190. The van der Waals surface area contributed by atoms with Crippen molar-refractivity contribution in [2.24, 2.45) is 7.05 Å². The van der Waals surface area contributed by atoms with Gasteiger partial charge in [0.2, 0.25) is 0 Å². The van der Waals surface area contributed by atoms with Crippen molar-refractivity contribution in [3.05, 3.63) is 63.4 Å². The molecule has 30 heavy (non-hydrogen) atoms. The second kappa shape index (κ2) is 8.68. The Morgan fingerprint density at radius 1 is 1.17 bits per heavy atom. The molecule has 1 amide bonds. The van der Waals surface area contributed by atoms with Crippen molar-refractivity contribution < 1.29 is 14.3 Å². The van der Waals surface area contributed by atoms with Gasteiger partial charge in [-0.25, -0.2) is 4.98 Å². The third-order valence-corrected chi connectivity index (χ3v) is 6.09. The van der Waals surface area contributed by atoms with Gasteiger partial charge >= 0.3 is 0 Å². The smallest absolute Gasteiger partial charge is 0.267 e. The van der Waals surface area contributed by atoms with Crippen LogP contribution in [0.15, 0.2) is 47.3 Å². The third-order valence-electron chi connectivity index (χ3n) is 4.36. The predicted molar refractivity (Wildman–Crippen MR) is 119 cm³/mol. The number of hydrogen-bond acceptors (Lipinski definition) is 7. The molecule has 154 valence electrons. The molecular weight excluding hydrogens is 420 g/mol. The highest BCUT2D eigenvalue weighted by atomic mass is 32.1. The molecule has 0 spiro atoms. The Morgan fingerprint density at radius 2 is 1.93 bits per heavy atom. The summed E-state index contributed by atoms with van der Waals surface area (Å²) in [5.41, 5.74) is 3.61. The van der Waals surface area contributed by atoms with Gasteiger partial charge in [-0.3, -0.25) is 14.8 Å². The first-order valence-electron chi connectivity index (χ1n) is 9.13. The molecule has 4 rings (SSSR count). The Bertz CT molecular complexity index is 1160. The number of anilines is 1. The number of hydrogen-bond donors (Lipinski definition) is 1. The fourth-order valence-corrected chi connectivity index (χ4v) is 4.37. The molecule has 0 unspecified atom stereocenters. The third kappa shape index (κ3) is 4.52. The quantitative estimate of drug-likeness (QED) is 0.449. The molecule has 0 radical (unpaired) electrons. The lowest BCUT2D eigenvalue weighted by Crippen LogP contribution is -2.09. The molecule has 0 bridgehead atoms. The zero-order valence-corrected chi connectivity index (χ0v) is 18.3. The van der Waals surface area contributed by atoms with Crippen molar-refractivity contribution in [2.75, 3.05) is 12.4 Å². The fourth-order valence-electron chi connectivity index (χ4n) is 2.87. The van der Waals surface area contributed by atoms with Gasteiger partial charge in [-0.1, -0.05) is 0 Å². The molecule has 0 aliphatic heterocycles. The van der Waals surface area contributed by atoms with Crippen LogP contribution in [0.5, 0.6) is 11.5 Å². The van der Waals surface area contributed by atoms with Crippen LogP contribution in [0.2, 0.25) is 0 Å². The van der Waals surface area contributed by atoms with Crippen LogP contribution in [-0.2, 0) is 13.7 Å². The maximum absolute atomic E-state index is 12.6. The minimum absolute atomic E-state index is 0.181. The van der Waals surface area contributed by atoms with Gasteiger partial charge in [-0.2, -0.15) is 5.10 Å². The van der Waals surface area contributed by atoms with Gasteiger partial charge in [0.25, 0.3) is 5.91 Å². The van der Waals surface area contributed by atoms with Crippen molar-refractivity contribution in [3.63, 3.8) is 0 Å². The molecule has 0 aliphatic rings. The van der Waals surface area contributed by atoms with Gasteiger partial charge in [0.15, 0.2) is 5.13 Å². The van der Waals surface area contributed by atoms with E-state index in [-0.39, 0.29) is 5.91 Å². The van der Waals surface area contributed by atoms with Crippen molar-refractivity contribution in [3.8, 4) is 22.8 Å². The van der Waals surface area contributed by atoms with Crippen molar-refractivity contribution >= 4 is 33.7 Å². The van der Waals surface area contributed by atoms with Gasteiger partial charge in [0.05, 0.1) is 23.4 Å². The highest BCUT2D eigenvalue weighted by Gasteiger charge is 2.14. The number of aromatic nitrogens is 3. The molecule has 0 aliphatic carbocycles. The minimum Gasteiger partial charge on any atom is -0.497 e. The summed E-state index contributed by atoms with van der Waals surface area (Å²) in [6.07, 6.45) is 1.92. The van der Waals surface area contributed by atoms with E-state index in [0.29, 0.717) is 16.6 Å². The molecule has 1 aromatic carbocycles. The molecule has 7 nitrogen and oxygen atoms in total. The van der Waals surface area contributed by atoms with Crippen LogP contribution in [0.3, 0.4) is 0 Å². The van der Waals surface area contributed by atoms with Crippen molar-refractivity contribution in [2.45, 2.75) is 13.5 Å². The number of carbonyl (C=O) groups excluding carboxylic acids is 1. The van der Waals surface area contributed by atoms with Crippen LogP contribution in [0.25, 0.3) is 11.3 Å². The van der Waals surface area contributed by atoms with Crippen molar-refractivity contribution in [1.82, 2.24) is 14.8 Å². The number of thiophene rings is 1. The van der Waals surface area contributed by atoms with Gasteiger partial charge in [-0.15, -0.1) is 22.7 Å². The Balaban J connectivity index is 1.36. The van der Waals surface area contributed by atoms with E-state index in [4.69, 9.17) is 9.47 Å². The topological polar surface area (TPSA) is 78.3 Å². The lowest BCUT2D eigenvalue weighted by Gasteiger charge is -2.05. The lowest BCUT2D eigenvalue weighted by molar-refractivity contribution is 0.103. The summed E-state index contributed by atoms with van der Waals surface area (Å²) in [6, 6.07) is 9.23. The lowest BCUT2D eigenvalue weighted by atomic mass is 10.2. The van der Waals surface area contributed by atoms with E-state index in [9.17, 15) is 4.79 Å².